The summed E-state index contributed by atoms with van der Waals surface area (Å²) in [5.41, 5.74) is -3.82. The molecule has 1 heterocycles. The van der Waals surface area contributed by atoms with Crippen molar-refractivity contribution in [2.75, 3.05) is 0 Å². The monoisotopic (exact) mass is 366 g/mol. The number of sulfonamides is 1. The van der Waals surface area contributed by atoms with Crippen LogP contribution in [-0.2, 0) is 17.1 Å². The number of pyridine rings is 1. The van der Waals surface area contributed by atoms with Crippen LogP contribution in [0.2, 0.25) is 0 Å². The maximum Gasteiger partial charge on any atom is 0.518 e. The summed E-state index contributed by atoms with van der Waals surface area (Å²) in [6.07, 6.45) is 0. The van der Waals surface area contributed by atoms with Crippen LogP contribution in [0.4, 0.5) is 13.2 Å². The van der Waals surface area contributed by atoms with Gasteiger partial charge in [0.05, 0.1) is 0 Å². The lowest BCUT2D eigenvalue weighted by Crippen LogP contribution is -2.27. The van der Waals surface area contributed by atoms with Crippen molar-refractivity contribution in [2.45, 2.75) is 5.51 Å². The fraction of sp³-hybridized carbons (Fsp3) is 0.118. The third-order valence-corrected chi connectivity index (χ3v) is 4.78. The summed E-state index contributed by atoms with van der Waals surface area (Å²) >= 11 is 0. The number of rotatable bonds is 2. The van der Waals surface area contributed by atoms with Crippen LogP contribution >= 0.6 is 0 Å². The summed E-state index contributed by atoms with van der Waals surface area (Å²) in [7, 11) is -4.16. The predicted octanol–water partition coefficient (Wildman–Crippen LogP) is 3.60. The Morgan fingerprint density at radius 3 is 2.20 bits per heavy atom. The fourth-order valence-electron chi connectivity index (χ4n) is 2.54. The van der Waals surface area contributed by atoms with E-state index in [2.05, 4.69) is 4.40 Å². The summed E-state index contributed by atoms with van der Waals surface area (Å²) in [5.74, 6) is 0. The van der Waals surface area contributed by atoms with Crippen LogP contribution in [0.1, 0.15) is 0 Å². The topological polar surface area (TPSA) is 51.4 Å². The zero-order valence-electron chi connectivity index (χ0n) is 13.0. The zero-order valence-corrected chi connectivity index (χ0v) is 13.8. The molecule has 25 heavy (non-hydrogen) atoms. The molecule has 1 aromatic heterocycles. The molecule has 130 valence electrons. The molecular weight excluding hydrogens is 353 g/mol. The van der Waals surface area contributed by atoms with Crippen molar-refractivity contribution >= 4 is 20.9 Å². The quantitative estimate of drug-likeness (QED) is 0.696. The number of nitrogens with zero attached hydrogens (tertiary/aromatic N) is 2. The molecule has 0 radical (unpaired) electrons. The Morgan fingerprint density at radius 2 is 1.56 bits per heavy atom. The van der Waals surface area contributed by atoms with Crippen molar-refractivity contribution in [1.82, 2.24) is 4.57 Å². The van der Waals surface area contributed by atoms with Gasteiger partial charge >= 0.3 is 15.5 Å². The van der Waals surface area contributed by atoms with Gasteiger partial charge in [-0.05, 0) is 23.3 Å². The molecule has 0 bridgehead atoms. The van der Waals surface area contributed by atoms with Crippen molar-refractivity contribution in [1.29, 1.82) is 0 Å². The minimum Gasteiger partial charge on any atom is -0.328 e. The van der Waals surface area contributed by atoms with Crippen molar-refractivity contribution < 1.29 is 21.6 Å². The molecule has 3 aromatic rings. The lowest BCUT2D eigenvalue weighted by molar-refractivity contribution is -0.0436. The first-order valence-electron chi connectivity index (χ1n) is 7.22. The van der Waals surface area contributed by atoms with Gasteiger partial charge in [-0.1, -0.05) is 48.5 Å². The van der Waals surface area contributed by atoms with Gasteiger partial charge in [0.1, 0.15) is 5.49 Å². The van der Waals surface area contributed by atoms with Crippen LogP contribution in [0.25, 0.3) is 22.0 Å². The minimum absolute atomic E-state index is 0.296. The Morgan fingerprint density at radius 1 is 0.960 bits per heavy atom. The molecule has 0 fully saturated rings. The van der Waals surface area contributed by atoms with E-state index < -0.39 is 15.5 Å². The largest absolute Gasteiger partial charge is 0.518 e. The molecule has 0 aliphatic rings. The van der Waals surface area contributed by atoms with Crippen LogP contribution in [-0.4, -0.2) is 18.5 Å². The molecule has 0 N–H and O–H groups in total. The molecule has 2 aromatic carbocycles. The second-order valence-corrected chi connectivity index (χ2v) is 6.97. The smallest absolute Gasteiger partial charge is 0.328 e. The average molecular weight is 366 g/mol. The lowest BCUT2D eigenvalue weighted by atomic mass is 10.0. The number of hydrogen-bond donors (Lipinski definition) is 0. The van der Waals surface area contributed by atoms with Crippen molar-refractivity contribution in [3.8, 4) is 11.1 Å². The van der Waals surface area contributed by atoms with Gasteiger partial charge in [-0.15, -0.1) is 4.40 Å². The standard InChI is InChI=1S/C17H13F3N2O2S/c1-22-15-10-6-5-9-13(15)14(12-7-3-2-4-8-12)11-16(22)21-25(23,24)17(18,19)20/h2-11H,1H3/b21-16+. The van der Waals surface area contributed by atoms with E-state index in [0.717, 1.165) is 10.9 Å². The third-order valence-electron chi connectivity index (χ3n) is 3.76. The Hall–Kier alpha value is -2.61. The van der Waals surface area contributed by atoms with E-state index in [9.17, 15) is 21.6 Å². The number of aryl methyl sites for hydroxylation is 1. The van der Waals surface area contributed by atoms with Crippen LogP contribution in [0, 0.1) is 0 Å². The maximum atomic E-state index is 12.7. The molecule has 0 saturated heterocycles. The highest BCUT2D eigenvalue weighted by atomic mass is 32.2. The van der Waals surface area contributed by atoms with Crippen molar-refractivity contribution in [3.63, 3.8) is 0 Å². The zero-order chi connectivity index (χ0) is 18.2. The van der Waals surface area contributed by atoms with Crippen LogP contribution in [0.15, 0.2) is 65.1 Å². The van der Waals surface area contributed by atoms with Crippen molar-refractivity contribution in [3.05, 3.63) is 66.2 Å². The predicted molar refractivity (Wildman–Crippen MR) is 88.9 cm³/mol. The second-order valence-electron chi connectivity index (χ2n) is 5.37. The minimum atomic E-state index is -5.64. The summed E-state index contributed by atoms with van der Waals surface area (Å²) in [4.78, 5) is 0. The summed E-state index contributed by atoms with van der Waals surface area (Å²) in [6, 6.07) is 17.4. The summed E-state index contributed by atoms with van der Waals surface area (Å²) in [6.45, 7) is 0. The molecular formula is C17H13F3N2O2S. The van der Waals surface area contributed by atoms with E-state index in [1.165, 1.54) is 17.7 Å². The molecule has 0 aliphatic carbocycles. The van der Waals surface area contributed by atoms with E-state index >= 15 is 0 Å². The summed E-state index contributed by atoms with van der Waals surface area (Å²) in [5, 5.41) is 0.777. The highest BCUT2D eigenvalue weighted by molar-refractivity contribution is 7.90. The number of halogens is 3. The van der Waals surface area contributed by atoms with Gasteiger partial charge in [0.25, 0.3) is 0 Å². The first-order chi connectivity index (χ1) is 11.7. The SMILES string of the molecule is Cn1/c(=N/S(=O)(=O)C(F)(F)F)cc(-c2ccccc2)c2ccccc21. The number of fused-ring (bicyclic) bond motifs is 1. The first-order valence-corrected chi connectivity index (χ1v) is 8.66. The third kappa shape index (κ3) is 3.17. The number of hydrogen-bond acceptors (Lipinski definition) is 2. The second kappa shape index (κ2) is 6.03. The maximum absolute atomic E-state index is 12.7. The Labute approximate surface area is 141 Å². The molecule has 3 rings (SSSR count). The van der Waals surface area contributed by atoms with Crippen LogP contribution in [0.5, 0.6) is 0 Å². The molecule has 0 spiro atoms. The van der Waals surface area contributed by atoms with E-state index in [4.69, 9.17) is 0 Å². The molecule has 8 heteroatoms. The van der Waals surface area contributed by atoms with Gasteiger partial charge in [-0.25, -0.2) is 0 Å². The van der Waals surface area contributed by atoms with Gasteiger partial charge in [0, 0.05) is 18.0 Å². The first kappa shape index (κ1) is 17.2. The van der Waals surface area contributed by atoms with E-state index in [-0.39, 0.29) is 5.49 Å². The van der Waals surface area contributed by atoms with Gasteiger partial charge in [0.15, 0.2) is 0 Å². The fourth-order valence-corrected chi connectivity index (χ4v) is 3.06. The Balaban J connectivity index is 2.42. The van der Waals surface area contributed by atoms with Crippen LogP contribution < -0.4 is 5.49 Å². The molecule has 0 atom stereocenters. The molecule has 0 unspecified atom stereocenters. The Kier molecular flexibility index (Phi) is 4.16. The van der Waals surface area contributed by atoms with E-state index in [1.54, 1.807) is 42.5 Å². The van der Waals surface area contributed by atoms with E-state index in [0.29, 0.717) is 11.1 Å². The molecule has 0 aliphatic heterocycles. The van der Waals surface area contributed by atoms with Crippen LogP contribution in [0.3, 0.4) is 0 Å². The average Bonchev–Trinajstić information content (AvgIpc) is 2.57. The number of para-hydroxylation sites is 1. The van der Waals surface area contributed by atoms with Gasteiger partial charge in [-0.3, -0.25) is 0 Å². The Bertz CT molecular complexity index is 1100. The lowest BCUT2D eigenvalue weighted by Gasteiger charge is -2.12. The molecule has 4 nitrogen and oxygen atoms in total. The summed E-state index contributed by atoms with van der Waals surface area (Å²) < 4.78 is 65.3. The van der Waals surface area contributed by atoms with Gasteiger partial charge in [0.2, 0.25) is 0 Å². The number of benzene rings is 2. The van der Waals surface area contributed by atoms with Crippen molar-refractivity contribution in [2.24, 2.45) is 11.4 Å². The van der Waals surface area contributed by atoms with Gasteiger partial charge < -0.3 is 4.57 Å². The number of aromatic nitrogens is 1. The highest BCUT2D eigenvalue weighted by Crippen LogP contribution is 2.28. The van der Waals surface area contributed by atoms with Gasteiger partial charge in [-0.2, -0.15) is 21.6 Å². The highest BCUT2D eigenvalue weighted by Gasteiger charge is 2.46. The molecule has 0 saturated carbocycles. The molecule has 0 amide bonds. The number of alkyl halides is 3. The normalized spacial score (nSPS) is 13.4. The van der Waals surface area contributed by atoms with E-state index in [1.807, 2.05) is 12.1 Å².